The van der Waals surface area contributed by atoms with E-state index in [0.717, 1.165) is 6.54 Å². The second-order valence-electron chi connectivity index (χ2n) is 5.85. The summed E-state index contributed by atoms with van der Waals surface area (Å²) in [5.74, 6) is 1.17. The Morgan fingerprint density at radius 1 is 1.32 bits per heavy atom. The van der Waals surface area contributed by atoms with Gasteiger partial charge in [-0.25, -0.2) is 0 Å². The molecule has 0 bridgehead atoms. The molecule has 0 amide bonds. The topological polar surface area (TPSA) is 21.3 Å². The second-order valence-corrected chi connectivity index (χ2v) is 6.97. The van der Waals surface area contributed by atoms with Crippen molar-refractivity contribution in [2.24, 2.45) is 11.8 Å². The van der Waals surface area contributed by atoms with Crippen LogP contribution in [-0.4, -0.2) is 18.8 Å². The highest BCUT2D eigenvalue weighted by molar-refractivity contribution is 7.10. The summed E-state index contributed by atoms with van der Waals surface area (Å²) in [6.45, 7) is 12.3. The zero-order chi connectivity index (χ0) is 14.0. The molecule has 108 valence electrons. The van der Waals surface area contributed by atoms with Crippen molar-refractivity contribution in [3.8, 4) is 0 Å². The molecule has 1 fully saturated rings. The summed E-state index contributed by atoms with van der Waals surface area (Å²) in [7, 11) is 0. The third kappa shape index (κ3) is 3.04. The van der Waals surface area contributed by atoms with E-state index in [9.17, 15) is 0 Å². The minimum atomic E-state index is 0.332. The normalized spacial score (nSPS) is 32.7. The van der Waals surface area contributed by atoms with E-state index in [1.165, 1.54) is 16.9 Å². The minimum Gasteiger partial charge on any atom is -0.375 e. The first-order chi connectivity index (χ1) is 9.06. The van der Waals surface area contributed by atoms with Crippen LogP contribution in [0.3, 0.4) is 0 Å². The number of nitrogens with one attached hydrogen (secondary N) is 1. The largest absolute Gasteiger partial charge is 0.375 e. The van der Waals surface area contributed by atoms with Gasteiger partial charge in [-0.2, -0.15) is 0 Å². The zero-order valence-electron chi connectivity index (χ0n) is 12.8. The van der Waals surface area contributed by atoms with E-state index in [-0.39, 0.29) is 0 Å². The van der Waals surface area contributed by atoms with Crippen LogP contribution >= 0.6 is 11.3 Å². The highest BCUT2D eigenvalue weighted by atomic mass is 32.1. The fraction of sp³-hybridized carbons (Fsp3) is 0.750. The SMILES string of the molecule is CCCNC(c1ccsc1C)C1C(C)OC(C)C1C. The molecular weight excluding hydrogens is 254 g/mol. The van der Waals surface area contributed by atoms with Crippen molar-refractivity contribution in [2.45, 2.75) is 59.3 Å². The predicted molar refractivity (Wildman–Crippen MR) is 82.8 cm³/mol. The summed E-state index contributed by atoms with van der Waals surface area (Å²) >= 11 is 1.85. The second kappa shape index (κ2) is 6.38. The fourth-order valence-corrected chi connectivity index (χ4v) is 4.09. The van der Waals surface area contributed by atoms with E-state index in [2.05, 4.69) is 51.4 Å². The first-order valence-corrected chi connectivity index (χ1v) is 8.37. The molecule has 0 aromatic carbocycles. The number of rotatable bonds is 5. The van der Waals surface area contributed by atoms with E-state index in [4.69, 9.17) is 4.74 Å². The van der Waals surface area contributed by atoms with Crippen LogP contribution in [0.5, 0.6) is 0 Å². The van der Waals surface area contributed by atoms with E-state index in [1.807, 2.05) is 11.3 Å². The molecule has 1 aliphatic rings. The lowest BCUT2D eigenvalue weighted by molar-refractivity contribution is 0.0475. The summed E-state index contributed by atoms with van der Waals surface area (Å²) in [4.78, 5) is 1.44. The Labute approximate surface area is 121 Å². The first kappa shape index (κ1) is 15.0. The summed E-state index contributed by atoms with van der Waals surface area (Å²) in [5.41, 5.74) is 1.47. The molecule has 19 heavy (non-hydrogen) atoms. The average Bonchev–Trinajstić information content (AvgIpc) is 2.88. The standard InChI is InChI=1S/C16H27NOS/c1-6-8-17-16(14-7-9-19-13(14)5)15-10(2)11(3)18-12(15)4/h7,9-12,15-17H,6,8H2,1-5H3. The third-order valence-corrected chi connectivity index (χ3v) is 5.41. The predicted octanol–water partition coefficient (Wildman–Crippen LogP) is 4.16. The van der Waals surface area contributed by atoms with E-state index < -0.39 is 0 Å². The third-order valence-electron chi connectivity index (χ3n) is 4.55. The lowest BCUT2D eigenvalue weighted by Gasteiger charge is -2.30. The molecule has 5 atom stereocenters. The molecule has 1 aromatic heterocycles. The smallest absolute Gasteiger partial charge is 0.0600 e. The summed E-state index contributed by atoms with van der Waals surface area (Å²) in [6.07, 6.45) is 1.87. The van der Waals surface area contributed by atoms with Crippen LogP contribution in [-0.2, 0) is 4.74 Å². The average molecular weight is 281 g/mol. The van der Waals surface area contributed by atoms with Crippen LogP contribution in [0.4, 0.5) is 0 Å². The molecule has 0 saturated carbocycles. The molecule has 1 saturated heterocycles. The van der Waals surface area contributed by atoms with Crippen LogP contribution in [0.15, 0.2) is 11.4 Å². The molecule has 1 aliphatic heterocycles. The van der Waals surface area contributed by atoms with Gasteiger partial charge in [-0.05, 0) is 56.7 Å². The summed E-state index contributed by atoms with van der Waals surface area (Å²) in [5, 5.41) is 5.97. The minimum absolute atomic E-state index is 0.332. The van der Waals surface area contributed by atoms with Gasteiger partial charge >= 0.3 is 0 Å². The van der Waals surface area contributed by atoms with Crippen molar-refractivity contribution < 1.29 is 4.74 Å². The van der Waals surface area contributed by atoms with Gasteiger partial charge in [0.1, 0.15) is 0 Å². The van der Waals surface area contributed by atoms with Crippen LogP contribution in [0.1, 0.15) is 50.6 Å². The Kier molecular flexibility index (Phi) is 5.04. The van der Waals surface area contributed by atoms with Crippen molar-refractivity contribution in [2.75, 3.05) is 6.54 Å². The maximum atomic E-state index is 6.05. The van der Waals surface area contributed by atoms with Crippen molar-refractivity contribution in [3.63, 3.8) is 0 Å². The van der Waals surface area contributed by atoms with Gasteiger partial charge in [0.05, 0.1) is 12.2 Å². The van der Waals surface area contributed by atoms with Gasteiger partial charge in [-0.15, -0.1) is 11.3 Å². The quantitative estimate of drug-likeness (QED) is 0.875. The molecule has 0 radical (unpaired) electrons. The van der Waals surface area contributed by atoms with Crippen LogP contribution < -0.4 is 5.32 Å². The fourth-order valence-electron chi connectivity index (χ4n) is 3.34. The van der Waals surface area contributed by atoms with Crippen molar-refractivity contribution in [1.82, 2.24) is 5.32 Å². The van der Waals surface area contributed by atoms with Gasteiger partial charge in [0.15, 0.2) is 0 Å². The number of ether oxygens (including phenoxy) is 1. The molecule has 0 aliphatic carbocycles. The monoisotopic (exact) mass is 281 g/mol. The summed E-state index contributed by atoms with van der Waals surface area (Å²) in [6, 6.07) is 2.72. The van der Waals surface area contributed by atoms with Gasteiger partial charge in [-0.1, -0.05) is 13.8 Å². The van der Waals surface area contributed by atoms with Gasteiger partial charge < -0.3 is 10.1 Å². The van der Waals surface area contributed by atoms with Gasteiger partial charge in [0.25, 0.3) is 0 Å². The van der Waals surface area contributed by atoms with E-state index >= 15 is 0 Å². The number of aryl methyl sites for hydroxylation is 1. The molecule has 0 spiro atoms. The molecule has 3 heteroatoms. The van der Waals surface area contributed by atoms with E-state index in [1.54, 1.807) is 0 Å². The van der Waals surface area contributed by atoms with Crippen molar-refractivity contribution >= 4 is 11.3 Å². The number of thiophene rings is 1. The Morgan fingerprint density at radius 3 is 2.53 bits per heavy atom. The highest BCUT2D eigenvalue weighted by Crippen LogP contribution is 2.42. The van der Waals surface area contributed by atoms with Gasteiger partial charge in [-0.3, -0.25) is 0 Å². The molecule has 1 aromatic rings. The van der Waals surface area contributed by atoms with E-state index in [0.29, 0.717) is 30.1 Å². The van der Waals surface area contributed by atoms with Crippen LogP contribution in [0.2, 0.25) is 0 Å². The van der Waals surface area contributed by atoms with Gasteiger partial charge in [0, 0.05) is 16.8 Å². The molecule has 2 nitrogen and oxygen atoms in total. The number of hydrogen-bond donors (Lipinski definition) is 1. The van der Waals surface area contributed by atoms with Crippen molar-refractivity contribution in [3.05, 3.63) is 21.9 Å². The Hall–Kier alpha value is -0.380. The number of hydrogen-bond acceptors (Lipinski definition) is 3. The first-order valence-electron chi connectivity index (χ1n) is 7.49. The lowest BCUT2D eigenvalue weighted by atomic mass is 9.80. The van der Waals surface area contributed by atoms with Crippen molar-refractivity contribution in [1.29, 1.82) is 0 Å². The molecule has 2 rings (SSSR count). The highest BCUT2D eigenvalue weighted by Gasteiger charge is 2.42. The lowest BCUT2D eigenvalue weighted by Crippen LogP contribution is -2.35. The molecule has 5 unspecified atom stereocenters. The van der Waals surface area contributed by atoms with Crippen LogP contribution in [0.25, 0.3) is 0 Å². The van der Waals surface area contributed by atoms with Crippen LogP contribution in [0, 0.1) is 18.8 Å². The van der Waals surface area contributed by atoms with Gasteiger partial charge in [0.2, 0.25) is 0 Å². The Bertz CT molecular complexity index is 403. The maximum absolute atomic E-state index is 6.05. The molecule has 2 heterocycles. The Morgan fingerprint density at radius 2 is 2.05 bits per heavy atom. The Balaban J connectivity index is 2.25. The maximum Gasteiger partial charge on any atom is 0.0600 e. The molecule has 1 N–H and O–H groups in total. The summed E-state index contributed by atoms with van der Waals surface area (Å²) < 4.78 is 6.05. The zero-order valence-corrected chi connectivity index (χ0v) is 13.6. The molecular formula is C16H27NOS.